The van der Waals surface area contributed by atoms with Gasteiger partial charge in [0, 0.05) is 17.8 Å². The summed E-state index contributed by atoms with van der Waals surface area (Å²) in [5.74, 6) is 1.04. The van der Waals surface area contributed by atoms with E-state index in [-0.39, 0.29) is 11.8 Å². The SMILES string of the molecule is CCOc1ccc(C2NC(=O)N(CCc3ccccc3)C(C)=C2c2nc(-c3ccc(F)cc3)no2)cc1. The minimum atomic E-state index is -0.502. The van der Waals surface area contributed by atoms with Crippen molar-refractivity contribution in [2.75, 3.05) is 13.2 Å². The van der Waals surface area contributed by atoms with Gasteiger partial charge in [0.1, 0.15) is 11.6 Å². The molecule has 2 amide bonds. The van der Waals surface area contributed by atoms with Crippen LogP contribution >= 0.6 is 0 Å². The topological polar surface area (TPSA) is 80.5 Å². The van der Waals surface area contributed by atoms with Gasteiger partial charge < -0.3 is 14.6 Å². The summed E-state index contributed by atoms with van der Waals surface area (Å²) >= 11 is 0. The lowest BCUT2D eigenvalue weighted by Gasteiger charge is -2.35. The number of benzene rings is 3. The van der Waals surface area contributed by atoms with E-state index in [1.54, 1.807) is 17.0 Å². The zero-order chi connectivity index (χ0) is 25.8. The maximum absolute atomic E-state index is 13.4. The molecule has 0 saturated heterocycles. The highest BCUT2D eigenvalue weighted by Crippen LogP contribution is 2.38. The van der Waals surface area contributed by atoms with Crippen molar-refractivity contribution in [1.82, 2.24) is 20.4 Å². The number of amides is 2. The number of halogens is 1. The molecule has 3 aromatic carbocycles. The van der Waals surface area contributed by atoms with Crippen molar-refractivity contribution in [2.24, 2.45) is 0 Å². The molecule has 1 aliphatic rings. The van der Waals surface area contributed by atoms with Gasteiger partial charge in [-0.05, 0) is 67.8 Å². The number of nitrogens with one attached hydrogen (secondary N) is 1. The Morgan fingerprint density at radius 3 is 2.46 bits per heavy atom. The zero-order valence-corrected chi connectivity index (χ0v) is 20.6. The number of carbonyl (C=O) groups is 1. The van der Waals surface area contributed by atoms with E-state index < -0.39 is 6.04 Å². The van der Waals surface area contributed by atoms with E-state index in [1.807, 2.05) is 68.4 Å². The molecule has 0 saturated carbocycles. The van der Waals surface area contributed by atoms with E-state index in [9.17, 15) is 9.18 Å². The predicted octanol–water partition coefficient (Wildman–Crippen LogP) is 6.01. The fourth-order valence-electron chi connectivity index (χ4n) is 4.44. The van der Waals surface area contributed by atoms with Crippen LogP contribution in [0.4, 0.5) is 9.18 Å². The molecule has 188 valence electrons. The molecule has 1 N–H and O–H groups in total. The first kappa shape index (κ1) is 24.2. The van der Waals surface area contributed by atoms with Crippen molar-refractivity contribution in [3.05, 3.63) is 107 Å². The van der Waals surface area contributed by atoms with Crippen LogP contribution in [0.1, 0.15) is 36.9 Å². The van der Waals surface area contributed by atoms with Crippen LogP contribution < -0.4 is 10.1 Å². The third-order valence-electron chi connectivity index (χ3n) is 6.35. The van der Waals surface area contributed by atoms with Gasteiger partial charge in [-0.3, -0.25) is 4.90 Å². The molecule has 0 aliphatic carbocycles. The fraction of sp³-hybridized carbons (Fsp3) is 0.207. The highest BCUT2D eigenvalue weighted by molar-refractivity contribution is 5.87. The van der Waals surface area contributed by atoms with Crippen molar-refractivity contribution < 1.29 is 18.4 Å². The number of ether oxygens (including phenoxy) is 1. The van der Waals surface area contributed by atoms with Crippen molar-refractivity contribution in [2.45, 2.75) is 26.3 Å². The summed E-state index contributed by atoms with van der Waals surface area (Å²) in [6.07, 6.45) is 0.692. The van der Waals surface area contributed by atoms with Crippen LogP contribution in [-0.4, -0.2) is 34.2 Å². The summed E-state index contributed by atoms with van der Waals surface area (Å²) in [6, 6.07) is 22.8. The van der Waals surface area contributed by atoms with Crippen LogP contribution in [0.3, 0.4) is 0 Å². The van der Waals surface area contributed by atoms with Crippen LogP contribution in [-0.2, 0) is 6.42 Å². The van der Waals surface area contributed by atoms with Gasteiger partial charge >= 0.3 is 6.03 Å². The second-order valence-electron chi connectivity index (χ2n) is 8.70. The first-order valence-corrected chi connectivity index (χ1v) is 12.2. The fourth-order valence-corrected chi connectivity index (χ4v) is 4.44. The van der Waals surface area contributed by atoms with Crippen molar-refractivity contribution >= 4 is 11.6 Å². The van der Waals surface area contributed by atoms with E-state index in [4.69, 9.17) is 9.26 Å². The molecule has 0 fully saturated rings. The summed E-state index contributed by atoms with van der Waals surface area (Å²) in [5, 5.41) is 7.25. The number of nitrogens with zero attached hydrogens (tertiary/aromatic N) is 3. The largest absolute Gasteiger partial charge is 0.494 e. The summed E-state index contributed by atoms with van der Waals surface area (Å²) < 4.78 is 24.7. The molecular weight excluding hydrogens is 471 g/mol. The van der Waals surface area contributed by atoms with Gasteiger partial charge in [-0.15, -0.1) is 0 Å². The van der Waals surface area contributed by atoms with Gasteiger partial charge in [-0.2, -0.15) is 4.98 Å². The van der Waals surface area contributed by atoms with Gasteiger partial charge in [0.05, 0.1) is 18.2 Å². The normalized spacial score (nSPS) is 15.6. The monoisotopic (exact) mass is 498 g/mol. The number of aromatic nitrogens is 2. The molecule has 1 atom stereocenters. The number of allylic oxidation sites excluding steroid dienone is 1. The van der Waals surface area contributed by atoms with Gasteiger partial charge in [-0.25, -0.2) is 9.18 Å². The molecule has 1 aromatic heterocycles. The first-order valence-electron chi connectivity index (χ1n) is 12.2. The molecule has 0 bridgehead atoms. The Kier molecular flexibility index (Phi) is 6.98. The lowest BCUT2D eigenvalue weighted by atomic mass is 9.94. The minimum absolute atomic E-state index is 0.200. The second-order valence-corrected chi connectivity index (χ2v) is 8.70. The van der Waals surface area contributed by atoms with Crippen molar-refractivity contribution in [3.8, 4) is 17.1 Å². The number of rotatable bonds is 8. The van der Waals surface area contributed by atoms with E-state index in [2.05, 4.69) is 15.5 Å². The number of hydrogen-bond donors (Lipinski definition) is 1. The molecule has 2 heterocycles. The Morgan fingerprint density at radius 2 is 1.76 bits per heavy atom. The van der Waals surface area contributed by atoms with Crippen LogP contribution in [0.15, 0.2) is 89.1 Å². The van der Waals surface area contributed by atoms with E-state index in [0.717, 1.165) is 22.6 Å². The van der Waals surface area contributed by atoms with Gasteiger partial charge in [0.25, 0.3) is 5.89 Å². The number of carbonyl (C=O) groups excluding carboxylic acids is 1. The van der Waals surface area contributed by atoms with E-state index in [1.165, 1.54) is 12.1 Å². The Hall–Kier alpha value is -4.46. The Morgan fingerprint density at radius 1 is 1.03 bits per heavy atom. The number of hydrogen-bond acceptors (Lipinski definition) is 5. The average molecular weight is 499 g/mol. The Bertz CT molecular complexity index is 1400. The van der Waals surface area contributed by atoms with Gasteiger partial charge in [0.2, 0.25) is 5.82 Å². The van der Waals surface area contributed by atoms with E-state index >= 15 is 0 Å². The van der Waals surface area contributed by atoms with Crippen LogP contribution in [0.2, 0.25) is 0 Å². The maximum atomic E-state index is 13.4. The van der Waals surface area contributed by atoms with Crippen LogP contribution in [0.25, 0.3) is 17.0 Å². The molecule has 0 radical (unpaired) electrons. The molecule has 8 heteroatoms. The molecule has 1 unspecified atom stereocenters. The predicted molar refractivity (Wildman–Crippen MR) is 138 cm³/mol. The lowest BCUT2D eigenvalue weighted by molar-refractivity contribution is 0.205. The molecule has 1 aliphatic heterocycles. The summed E-state index contributed by atoms with van der Waals surface area (Å²) in [7, 11) is 0. The Labute approximate surface area is 214 Å². The summed E-state index contributed by atoms with van der Waals surface area (Å²) in [6.45, 7) is 4.87. The molecule has 4 aromatic rings. The zero-order valence-electron chi connectivity index (χ0n) is 20.6. The third kappa shape index (κ3) is 5.23. The molecule has 7 nitrogen and oxygen atoms in total. The highest BCUT2D eigenvalue weighted by atomic mass is 19.1. The molecule has 5 rings (SSSR count). The van der Waals surface area contributed by atoms with Gasteiger partial charge in [0.15, 0.2) is 0 Å². The third-order valence-corrected chi connectivity index (χ3v) is 6.35. The summed E-state index contributed by atoms with van der Waals surface area (Å²) in [4.78, 5) is 19.6. The van der Waals surface area contributed by atoms with Crippen LogP contribution in [0.5, 0.6) is 5.75 Å². The molecule has 37 heavy (non-hydrogen) atoms. The number of urea groups is 1. The maximum Gasteiger partial charge on any atom is 0.322 e. The second kappa shape index (κ2) is 10.7. The standard InChI is InChI=1S/C29H27FN4O3/c1-3-36-24-15-11-21(12-16-24)26-25(28-32-27(33-37-28)22-9-13-23(30)14-10-22)19(2)34(29(35)31-26)18-17-20-7-5-4-6-8-20/h4-16,26H,3,17-18H2,1-2H3,(H,31,35). The van der Waals surface area contributed by atoms with Crippen LogP contribution in [0, 0.1) is 5.82 Å². The first-order chi connectivity index (χ1) is 18.0. The van der Waals surface area contributed by atoms with E-state index in [0.29, 0.717) is 42.4 Å². The molecular formula is C29H27FN4O3. The van der Waals surface area contributed by atoms with Crippen molar-refractivity contribution in [3.63, 3.8) is 0 Å². The molecule has 0 spiro atoms. The smallest absolute Gasteiger partial charge is 0.322 e. The quantitative estimate of drug-likeness (QED) is 0.322. The lowest BCUT2D eigenvalue weighted by Crippen LogP contribution is -2.46. The summed E-state index contributed by atoms with van der Waals surface area (Å²) in [5.41, 5.74) is 4.06. The van der Waals surface area contributed by atoms with Crippen molar-refractivity contribution in [1.29, 1.82) is 0 Å². The minimum Gasteiger partial charge on any atom is -0.494 e. The highest BCUT2D eigenvalue weighted by Gasteiger charge is 2.35. The van der Waals surface area contributed by atoms with Gasteiger partial charge in [-0.1, -0.05) is 47.6 Å². The average Bonchev–Trinajstić information content (AvgIpc) is 3.39. The Balaban J connectivity index is 1.52.